The number of rotatable bonds is 11. The second-order valence-electron chi connectivity index (χ2n) is 7.96. The van der Waals surface area contributed by atoms with Gasteiger partial charge in [0, 0.05) is 25.8 Å². The van der Waals surface area contributed by atoms with Crippen LogP contribution in [0.25, 0.3) is 0 Å². The highest BCUT2D eigenvalue weighted by Gasteiger charge is 2.37. The minimum Gasteiger partial charge on any atom is -0.426 e. The summed E-state index contributed by atoms with van der Waals surface area (Å²) in [6, 6.07) is 5.61. The van der Waals surface area contributed by atoms with Crippen molar-refractivity contribution >= 4 is 24.5 Å². The first-order chi connectivity index (χ1) is 13.7. The Bertz CT molecular complexity index is 686. The lowest BCUT2D eigenvalue weighted by molar-refractivity contribution is -0.132. The lowest BCUT2D eigenvalue weighted by atomic mass is 9.74. The first-order valence-corrected chi connectivity index (χ1v) is 9.93. The van der Waals surface area contributed by atoms with E-state index in [2.05, 4.69) is 5.32 Å². The average Bonchev–Trinajstić information content (AvgIpc) is 2.61. The summed E-state index contributed by atoms with van der Waals surface area (Å²) in [7, 11) is -0.230. The molecule has 1 aliphatic heterocycles. The number of nitrogens with zero attached hydrogens (tertiary/aromatic N) is 1. The maximum absolute atomic E-state index is 13.1. The molecule has 9 heteroatoms. The third-order valence-electron chi connectivity index (χ3n) is 5.15. The highest BCUT2D eigenvalue weighted by Crippen LogP contribution is 2.28. The molecule has 0 saturated carbocycles. The number of ether oxygens (including phenoxy) is 1. The summed E-state index contributed by atoms with van der Waals surface area (Å²) in [6.45, 7) is 4.57. The fraction of sp³-hybridized carbons (Fsp3) is 0.600. The smallest absolute Gasteiger partial charge is 0.426 e. The van der Waals surface area contributed by atoms with Crippen molar-refractivity contribution in [1.29, 1.82) is 0 Å². The molecule has 29 heavy (non-hydrogen) atoms. The molecule has 1 amide bonds. The van der Waals surface area contributed by atoms with Gasteiger partial charge in [-0.1, -0.05) is 13.8 Å². The van der Waals surface area contributed by atoms with E-state index in [4.69, 9.17) is 4.74 Å². The van der Waals surface area contributed by atoms with E-state index in [0.29, 0.717) is 19.4 Å². The number of halogens is 1. The SMILES string of the molecule is COC[C@H](CC(=O)[C@@H]1CCN1c1ccc(F)cc1)C(=O)N[C@@H](CC(C)C)B(O)O. The van der Waals surface area contributed by atoms with Gasteiger partial charge in [0.1, 0.15) is 5.82 Å². The molecule has 1 aliphatic rings. The second kappa shape index (κ2) is 10.7. The summed E-state index contributed by atoms with van der Waals surface area (Å²) in [5, 5.41) is 21.7. The van der Waals surface area contributed by atoms with Crippen LogP contribution in [0, 0.1) is 17.7 Å². The number of benzene rings is 1. The Morgan fingerprint density at radius 1 is 1.31 bits per heavy atom. The zero-order valence-corrected chi connectivity index (χ0v) is 17.2. The number of carbonyl (C=O) groups is 2. The first-order valence-electron chi connectivity index (χ1n) is 9.93. The zero-order chi connectivity index (χ0) is 21.6. The van der Waals surface area contributed by atoms with Crippen LogP contribution in [0.3, 0.4) is 0 Å². The Balaban J connectivity index is 2.00. The number of carbonyl (C=O) groups excluding carboxylic acids is 2. The minimum absolute atomic E-state index is 0.0159. The molecule has 0 radical (unpaired) electrons. The second-order valence-corrected chi connectivity index (χ2v) is 7.96. The van der Waals surface area contributed by atoms with E-state index in [1.165, 1.54) is 19.2 Å². The van der Waals surface area contributed by atoms with Crippen molar-refractivity contribution in [3.63, 3.8) is 0 Å². The molecule has 0 aromatic heterocycles. The van der Waals surface area contributed by atoms with Gasteiger partial charge < -0.3 is 25.0 Å². The van der Waals surface area contributed by atoms with E-state index in [1.54, 1.807) is 12.1 Å². The molecule has 0 bridgehead atoms. The number of methoxy groups -OCH3 is 1. The van der Waals surface area contributed by atoms with E-state index >= 15 is 0 Å². The maximum Gasteiger partial charge on any atom is 0.475 e. The van der Waals surface area contributed by atoms with Crippen LogP contribution in [0.4, 0.5) is 10.1 Å². The first kappa shape index (κ1) is 23.3. The van der Waals surface area contributed by atoms with Crippen molar-refractivity contribution in [3.8, 4) is 0 Å². The monoisotopic (exact) mass is 408 g/mol. The molecule has 1 heterocycles. The van der Waals surface area contributed by atoms with E-state index in [-0.39, 0.29) is 36.6 Å². The van der Waals surface area contributed by atoms with Crippen LogP contribution in [0.15, 0.2) is 24.3 Å². The Morgan fingerprint density at radius 2 is 1.97 bits per heavy atom. The van der Waals surface area contributed by atoms with Gasteiger partial charge in [-0.05, 0) is 43.0 Å². The van der Waals surface area contributed by atoms with E-state index in [9.17, 15) is 24.0 Å². The number of Topliss-reactive ketones (excluding diaryl/α,β-unsaturated/α-hetero) is 1. The van der Waals surface area contributed by atoms with Crippen LogP contribution in [-0.4, -0.2) is 61.1 Å². The fourth-order valence-electron chi connectivity index (χ4n) is 3.53. The van der Waals surface area contributed by atoms with Gasteiger partial charge in [-0.3, -0.25) is 9.59 Å². The third kappa shape index (κ3) is 6.52. The molecule has 7 nitrogen and oxygen atoms in total. The third-order valence-corrected chi connectivity index (χ3v) is 5.15. The van der Waals surface area contributed by atoms with Gasteiger partial charge in [-0.2, -0.15) is 0 Å². The lowest BCUT2D eigenvalue weighted by Crippen LogP contribution is -2.54. The van der Waals surface area contributed by atoms with Crippen molar-refractivity contribution in [2.45, 2.75) is 45.1 Å². The summed E-state index contributed by atoms with van der Waals surface area (Å²) in [6.07, 6.45) is 1.05. The number of hydrogen-bond donors (Lipinski definition) is 3. The summed E-state index contributed by atoms with van der Waals surface area (Å²) in [5.74, 6) is -2.25. The molecule has 0 spiro atoms. The largest absolute Gasteiger partial charge is 0.475 e. The maximum atomic E-state index is 13.1. The van der Waals surface area contributed by atoms with Gasteiger partial charge in [0.05, 0.1) is 24.5 Å². The predicted molar refractivity (Wildman–Crippen MR) is 109 cm³/mol. The zero-order valence-electron chi connectivity index (χ0n) is 17.2. The number of nitrogens with one attached hydrogen (secondary N) is 1. The van der Waals surface area contributed by atoms with E-state index < -0.39 is 24.9 Å². The van der Waals surface area contributed by atoms with Gasteiger partial charge in [-0.25, -0.2) is 4.39 Å². The van der Waals surface area contributed by atoms with Crippen molar-refractivity contribution < 1.29 is 28.8 Å². The van der Waals surface area contributed by atoms with E-state index in [1.807, 2.05) is 18.7 Å². The van der Waals surface area contributed by atoms with Crippen LogP contribution in [0.1, 0.15) is 33.1 Å². The molecule has 3 atom stereocenters. The number of anilines is 1. The van der Waals surface area contributed by atoms with Crippen LogP contribution in [-0.2, 0) is 14.3 Å². The molecule has 1 saturated heterocycles. The van der Waals surface area contributed by atoms with Gasteiger partial charge in [0.25, 0.3) is 0 Å². The van der Waals surface area contributed by atoms with Crippen LogP contribution < -0.4 is 10.2 Å². The minimum atomic E-state index is -1.68. The average molecular weight is 408 g/mol. The Labute approximate surface area is 171 Å². The normalized spacial score (nSPS) is 18.2. The highest BCUT2D eigenvalue weighted by atomic mass is 19.1. The molecule has 1 fully saturated rings. The summed E-state index contributed by atoms with van der Waals surface area (Å²) in [5.41, 5.74) is 0.768. The summed E-state index contributed by atoms with van der Waals surface area (Å²) < 4.78 is 18.2. The highest BCUT2D eigenvalue weighted by molar-refractivity contribution is 6.43. The van der Waals surface area contributed by atoms with Crippen LogP contribution in [0.5, 0.6) is 0 Å². The number of hydrogen-bond acceptors (Lipinski definition) is 6. The summed E-state index contributed by atoms with van der Waals surface area (Å²) >= 11 is 0. The van der Waals surface area contributed by atoms with Crippen molar-refractivity contribution in [3.05, 3.63) is 30.1 Å². The topological polar surface area (TPSA) is 99.1 Å². The van der Waals surface area contributed by atoms with Gasteiger partial charge in [0.2, 0.25) is 5.91 Å². The van der Waals surface area contributed by atoms with Crippen molar-refractivity contribution in [2.24, 2.45) is 11.8 Å². The van der Waals surface area contributed by atoms with Gasteiger partial charge in [0.15, 0.2) is 5.78 Å². The Hall–Kier alpha value is -1.97. The quantitative estimate of drug-likeness (QED) is 0.476. The Kier molecular flexibility index (Phi) is 8.61. The number of ketones is 1. The molecule has 0 unspecified atom stereocenters. The molecule has 2 rings (SSSR count). The lowest BCUT2D eigenvalue weighted by Gasteiger charge is -2.42. The van der Waals surface area contributed by atoms with Gasteiger partial charge >= 0.3 is 7.12 Å². The van der Waals surface area contributed by atoms with Crippen LogP contribution >= 0.6 is 0 Å². The molecule has 1 aromatic rings. The molecule has 0 aliphatic carbocycles. The van der Waals surface area contributed by atoms with Crippen LogP contribution in [0.2, 0.25) is 0 Å². The van der Waals surface area contributed by atoms with Crippen molar-refractivity contribution in [1.82, 2.24) is 5.32 Å². The summed E-state index contributed by atoms with van der Waals surface area (Å²) in [4.78, 5) is 27.4. The van der Waals surface area contributed by atoms with Gasteiger partial charge in [-0.15, -0.1) is 0 Å². The van der Waals surface area contributed by atoms with E-state index in [0.717, 1.165) is 5.69 Å². The predicted octanol–water partition coefficient (Wildman–Crippen LogP) is 1.17. The molecule has 1 aromatic carbocycles. The Morgan fingerprint density at radius 3 is 2.45 bits per heavy atom. The molecule has 160 valence electrons. The van der Waals surface area contributed by atoms with Crippen molar-refractivity contribution in [2.75, 3.05) is 25.2 Å². The molecular weight excluding hydrogens is 378 g/mol. The number of amides is 1. The fourth-order valence-corrected chi connectivity index (χ4v) is 3.53. The molecular formula is C20H30BFN2O5. The standard InChI is InChI=1S/C20H30BFN2O5/c1-13(2)10-19(21(27)28)23-20(26)14(12-29-3)11-18(25)17-8-9-24(17)16-6-4-15(22)5-7-16/h4-7,13-14,17,19,27-28H,8-12H2,1-3H3,(H,23,26)/t14-,17-,19-/m0/s1. The molecule has 3 N–H and O–H groups in total.